The highest BCUT2D eigenvalue weighted by Gasteiger charge is 2.23. The molecular weight excluding hydrogens is 180 g/mol. The van der Waals surface area contributed by atoms with Gasteiger partial charge in [-0.3, -0.25) is 0 Å². The molecule has 0 aliphatic heterocycles. The van der Waals surface area contributed by atoms with Crippen molar-refractivity contribution in [3.05, 3.63) is 23.3 Å². The molecule has 0 saturated carbocycles. The Labute approximate surface area is 83.5 Å². The smallest absolute Gasteiger partial charge is 0.426 e. The predicted octanol–water partition coefficient (Wildman–Crippen LogP) is 0.700. The zero-order valence-electron chi connectivity index (χ0n) is 9.00. The van der Waals surface area contributed by atoms with E-state index in [4.69, 9.17) is 4.74 Å². The van der Waals surface area contributed by atoms with Crippen LogP contribution in [0.3, 0.4) is 0 Å². The normalized spacial score (nSPS) is 10.0. The molecule has 0 spiro atoms. The van der Waals surface area contributed by atoms with E-state index in [9.17, 15) is 4.79 Å². The molecule has 14 heavy (non-hydrogen) atoms. The first-order chi connectivity index (χ1) is 6.56. The summed E-state index contributed by atoms with van der Waals surface area (Å²) in [5.74, 6) is -0.0221. The molecule has 1 rings (SSSR count). The van der Waals surface area contributed by atoms with E-state index in [0.717, 1.165) is 11.4 Å². The molecule has 0 N–H and O–H groups in total. The third-order valence-electron chi connectivity index (χ3n) is 2.00. The Hall–Kier alpha value is -1.45. The van der Waals surface area contributed by atoms with Crippen molar-refractivity contribution in [1.29, 1.82) is 0 Å². The number of hydrogen-bond donors (Lipinski definition) is 0. The average molecular weight is 195 g/mol. The standard InChI is InChI=1S/C10H15N2O2/c1-5-14-10(13)9-11-7(2)6-8(3)12(9)4/h6H,5H2,1-4H3/q+1. The van der Waals surface area contributed by atoms with Gasteiger partial charge in [0.15, 0.2) is 5.69 Å². The fourth-order valence-electron chi connectivity index (χ4n) is 1.22. The van der Waals surface area contributed by atoms with Crippen LogP contribution in [0.15, 0.2) is 6.07 Å². The lowest BCUT2D eigenvalue weighted by Gasteiger charge is -2.02. The number of carbonyl (C=O) groups excluding carboxylic acids is 1. The summed E-state index contributed by atoms with van der Waals surface area (Å²) in [6, 6.07) is 1.92. The van der Waals surface area contributed by atoms with Crippen LogP contribution < -0.4 is 4.57 Å². The molecule has 1 heterocycles. The van der Waals surface area contributed by atoms with E-state index in [0.29, 0.717) is 12.4 Å². The van der Waals surface area contributed by atoms with Crippen LogP contribution in [0.4, 0.5) is 0 Å². The van der Waals surface area contributed by atoms with Gasteiger partial charge < -0.3 is 4.74 Å². The Morgan fingerprint density at radius 3 is 2.79 bits per heavy atom. The maximum atomic E-state index is 11.5. The van der Waals surface area contributed by atoms with Crippen molar-refractivity contribution >= 4 is 5.97 Å². The van der Waals surface area contributed by atoms with Gasteiger partial charge in [-0.2, -0.15) is 0 Å². The molecule has 0 atom stereocenters. The minimum absolute atomic E-state index is 0.351. The Morgan fingerprint density at radius 1 is 1.57 bits per heavy atom. The molecule has 0 fully saturated rings. The maximum Gasteiger partial charge on any atom is 0.426 e. The fourth-order valence-corrected chi connectivity index (χ4v) is 1.22. The van der Waals surface area contributed by atoms with E-state index in [1.165, 1.54) is 0 Å². The zero-order chi connectivity index (χ0) is 10.7. The minimum atomic E-state index is -0.373. The first-order valence-electron chi connectivity index (χ1n) is 4.57. The van der Waals surface area contributed by atoms with Gasteiger partial charge in [0.05, 0.1) is 13.7 Å². The van der Waals surface area contributed by atoms with Crippen molar-refractivity contribution in [3.8, 4) is 0 Å². The van der Waals surface area contributed by atoms with Gasteiger partial charge in [0.25, 0.3) is 0 Å². The number of nitrogens with zero attached hydrogens (tertiary/aromatic N) is 2. The Morgan fingerprint density at radius 2 is 2.21 bits per heavy atom. The van der Waals surface area contributed by atoms with Gasteiger partial charge in [0.2, 0.25) is 0 Å². The molecule has 0 amide bonds. The van der Waals surface area contributed by atoms with Crippen LogP contribution in [0.1, 0.15) is 28.9 Å². The Kier molecular flexibility index (Phi) is 3.17. The van der Waals surface area contributed by atoms with E-state index < -0.39 is 0 Å². The quantitative estimate of drug-likeness (QED) is 0.515. The van der Waals surface area contributed by atoms with E-state index in [-0.39, 0.29) is 5.97 Å². The molecule has 0 bridgehead atoms. The van der Waals surface area contributed by atoms with Crippen LogP contribution in [0.2, 0.25) is 0 Å². The second-order valence-corrected chi connectivity index (χ2v) is 3.14. The summed E-state index contributed by atoms with van der Waals surface area (Å²) in [5, 5.41) is 0. The molecule has 4 nitrogen and oxygen atoms in total. The molecule has 0 aliphatic rings. The van der Waals surface area contributed by atoms with Crippen molar-refractivity contribution in [2.75, 3.05) is 6.61 Å². The van der Waals surface area contributed by atoms with Gasteiger partial charge in [-0.05, 0) is 18.8 Å². The number of ether oxygens (including phenoxy) is 1. The summed E-state index contributed by atoms with van der Waals surface area (Å²) in [7, 11) is 1.80. The lowest BCUT2D eigenvalue weighted by Crippen LogP contribution is -2.41. The molecule has 1 aromatic rings. The van der Waals surface area contributed by atoms with E-state index >= 15 is 0 Å². The molecule has 0 radical (unpaired) electrons. The van der Waals surface area contributed by atoms with Crippen LogP contribution in [0.5, 0.6) is 0 Å². The van der Waals surface area contributed by atoms with Gasteiger partial charge in [0.1, 0.15) is 5.69 Å². The largest absolute Gasteiger partial charge is 0.457 e. The average Bonchev–Trinajstić information content (AvgIpc) is 2.11. The van der Waals surface area contributed by atoms with Crippen LogP contribution in [-0.2, 0) is 11.8 Å². The molecule has 0 aromatic carbocycles. The maximum absolute atomic E-state index is 11.5. The second kappa shape index (κ2) is 4.17. The fraction of sp³-hybridized carbons (Fsp3) is 0.500. The molecule has 4 heteroatoms. The zero-order valence-corrected chi connectivity index (χ0v) is 9.00. The summed E-state index contributed by atoms with van der Waals surface area (Å²) < 4.78 is 6.62. The van der Waals surface area contributed by atoms with Gasteiger partial charge in [-0.25, -0.2) is 9.36 Å². The van der Waals surface area contributed by atoms with Gasteiger partial charge in [-0.15, -0.1) is 0 Å². The highest BCUT2D eigenvalue weighted by atomic mass is 16.5. The summed E-state index contributed by atoms with van der Waals surface area (Å²) in [5.41, 5.74) is 1.81. The monoisotopic (exact) mass is 195 g/mol. The molecular formula is C10H15N2O2+. The number of aryl methyl sites for hydroxylation is 2. The topological polar surface area (TPSA) is 43.1 Å². The number of rotatable bonds is 2. The Balaban J connectivity index is 3.13. The molecule has 1 aromatic heterocycles. The van der Waals surface area contributed by atoms with Crippen molar-refractivity contribution in [2.24, 2.45) is 7.05 Å². The predicted molar refractivity (Wildman–Crippen MR) is 50.8 cm³/mol. The van der Waals surface area contributed by atoms with Crippen molar-refractivity contribution < 1.29 is 14.1 Å². The number of carbonyl (C=O) groups is 1. The molecule has 0 unspecified atom stereocenters. The Bertz CT molecular complexity index is 361. The third kappa shape index (κ3) is 2.07. The van der Waals surface area contributed by atoms with Gasteiger partial charge in [0, 0.05) is 13.0 Å². The highest BCUT2D eigenvalue weighted by molar-refractivity contribution is 5.83. The number of hydrogen-bond acceptors (Lipinski definition) is 3. The summed E-state index contributed by atoms with van der Waals surface area (Å²) in [6.07, 6.45) is 0. The summed E-state index contributed by atoms with van der Waals surface area (Å²) >= 11 is 0. The number of aromatic nitrogens is 2. The SMILES string of the molecule is CCOC(=O)c1nc(C)cc(C)[n+]1C. The van der Waals surface area contributed by atoms with Gasteiger partial charge >= 0.3 is 11.8 Å². The van der Waals surface area contributed by atoms with Crippen molar-refractivity contribution in [2.45, 2.75) is 20.8 Å². The first kappa shape index (κ1) is 10.6. The lowest BCUT2D eigenvalue weighted by molar-refractivity contribution is -0.683. The molecule has 76 valence electrons. The minimum Gasteiger partial charge on any atom is -0.457 e. The van der Waals surface area contributed by atoms with E-state index in [2.05, 4.69) is 4.98 Å². The van der Waals surface area contributed by atoms with E-state index in [1.807, 2.05) is 19.9 Å². The molecule has 0 aliphatic carbocycles. The lowest BCUT2D eigenvalue weighted by atomic mass is 10.3. The summed E-state index contributed by atoms with van der Waals surface area (Å²) in [6.45, 7) is 5.93. The first-order valence-corrected chi connectivity index (χ1v) is 4.57. The summed E-state index contributed by atoms with van der Waals surface area (Å²) in [4.78, 5) is 15.6. The van der Waals surface area contributed by atoms with Crippen molar-refractivity contribution in [1.82, 2.24) is 4.98 Å². The second-order valence-electron chi connectivity index (χ2n) is 3.14. The van der Waals surface area contributed by atoms with Crippen LogP contribution in [0.25, 0.3) is 0 Å². The van der Waals surface area contributed by atoms with Crippen molar-refractivity contribution in [3.63, 3.8) is 0 Å². The number of esters is 1. The van der Waals surface area contributed by atoms with Crippen LogP contribution in [-0.4, -0.2) is 17.6 Å². The van der Waals surface area contributed by atoms with E-state index in [1.54, 1.807) is 18.5 Å². The van der Waals surface area contributed by atoms with Crippen LogP contribution >= 0.6 is 0 Å². The van der Waals surface area contributed by atoms with Gasteiger partial charge in [-0.1, -0.05) is 0 Å². The van der Waals surface area contributed by atoms with Crippen LogP contribution in [0, 0.1) is 13.8 Å². The third-order valence-corrected chi connectivity index (χ3v) is 2.00. The highest BCUT2D eigenvalue weighted by Crippen LogP contribution is 1.98. The molecule has 0 saturated heterocycles.